The van der Waals surface area contributed by atoms with E-state index >= 15 is 0 Å². The van der Waals surface area contributed by atoms with Gasteiger partial charge >= 0.3 is 0 Å². The van der Waals surface area contributed by atoms with Crippen LogP contribution in [0, 0.1) is 0 Å². The highest BCUT2D eigenvalue weighted by Crippen LogP contribution is 2.21. The van der Waals surface area contributed by atoms with Crippen LogP contribution in [0.25, 0.3) is 10.8 Å². The van der Waals surface area contributed by atoms with E-state index < -0.39 is 0 Å². The molecular weight excluding hydrogens is 198 g/mol. The van der Waals surface area contributed by atoms with Crippen molar-refractivity contribution in [1.82, 2.24) is 4.98 Å². The molecule has 0 aliphatic heterocycles. The minimum absolute atomic E-state index is 0.0554. The van der Waals surface area contributed by atoms with Crippen molar-refractivity contribution in [3.05, 3.63) is 41.2 Å². The molecule has 0 N–H and O–H groups in total. The molecule has 0 saturated heterocycles. The molecule has 2 nitrogen and oxygen atoms in total. The highest BCUT2D eigenvalue weighted by atomic mass is 35.5. The van der Waals surface area contributed by atoms with Crippen molar-refractivity contribution in [1.29, 1.82) is 0 Å². The number of ketones is 1. The smallest absolute Gasteiger partial charge is 0.159 e. The Hall–Kier alpha value is -1.41. The van der Waals surface area contributed by atoms with Crippen LogP contribution in [0.2, 0.25) is 5.15 Å². The maximum atomic E-state index is 11.1. The van der Waals surface area contributed by atoms with Gasteiger partial charge in [-0.15, -0.1) is 0 Å². The van der Waals surface area contributed by atoms with Crippen LogP contribution < -0.4 is 0 Å². The van der Waals surface area contributed by atoms with Crippen LogP contribution in [-0.2, 0) is 0 Å². The van der Waals surface area contributed by atoms with Gasteiger partial charge in [0, 0.05) is 17.1 Å². The van der Waals surface area contributed by atoms with Gasteiger partial charge in [-0.2, -0.15) is 0 Å². The van der Waals surface area contributed by atoms with E-state index in [4.69, 9.17) is 11.6 Å². The Morgan fingerprint density at radius 1 is 1.36 bits per heavy atom. The molecular formula is C11H8ClNO. The highest BCUT2D eigenvalue weighted by Gasteiger charge is 2.03. The van der Waals surface area contributed by atoms with Gasteiger partial charge in [0.25, 0.3) is 0 Å². The number of fused-ring (bicyclic) bond motifs is 1. The summed E-state index contributed by atoms with van der Waals surface area (Å²) in [5.41, 5.74) is 0.694. The van der Waals surface area contributed by atoms with Crippen molar-refractivity contribution in [3.63, 3.8) is 0 Å². The number of rotatable bonds is 1. The number of halogens is 1. The lowest BCUT2D eigenvalue weighted by Gasteiger charge is -2.01. The normalized spacial score (nSPS) is 10.4. The molecule has 0 amide bonds. The predicted octanol–water partition coefficient (Wildman–Crippen LogP) is 3.09. The molecule has 1 heterocycles. The number of pyridine rings is 1. The van der Waals surface area contributed by atoms with Gasteiger partial charge in [-0.25, -0.2) is 4.98 Å². The van der Waals surface area contributed by atoms with E-state index in [0.717, 1.165) is 10.8 Å². The second kappa shape index (κ2) is 3.39. The van der Waals surface area contributed by atoms with Gasteiger partial charge in [0.15, 0.2) is 5.78 Å². The monoisotopic (exact) mass is 205 g/mol. The summed E-state index contributed by atoms with van der Waals surface area (Å²) < 4.78 is 0. The number of carbonyl (C=O) groups excluding carboxylic acids is 1. The van der Waals surface area contributed by atoms with Gasteiger partial charge in [0.05, 0.1) is 0 Å². The molecule has 14 heavy (non-hydrogen) atoms. The lowest BCUT2D eigenvalue weighted by Crippen LogP contribution is -1.91. The molecule has 0 spiro atoms. The van der Waals surface area contributed by atoms with E-state index in [1.807, 2.05) is 18.2 Å². The molecule has 0 bridgehead atoms. The van der Waals surface area contributed by atoms with Crippen LogP contribution in [0.1, 0.15) is 17.3 Å². The van der Waals surface area contributed by atoms with Crippen LogP contribution in [0.4, 0.5) is 0 Å². The third kappa shape index (κ3) is 1.49. The molecule has 70 valence electrons. The summed E-state index contributed by atoms with van der Waals surface area (Å²) in [6.07, 6.45) is 1.63. The number of carbonyl (C=O) groups is 1. The first-order chi connectivity index (χ1) is 6.68. The molecule has 0 saturated carbocycles. The molecule has 2 aromatic rings. The predicted molar refractivity (Wildman–Crippen MR) is 56.8 cm³/mol. The Bertz CT molecular complexity index is 508. The van der Waals surface area contributed by atoms with Crippen molar-refractivity contribution < 1.29 is 4.79 Å². The van der Waals surface area contributed by atoms with Gasteiger partial charge in [-0.3, -0.25) is 4.79 Å². The lowest BCUT2D eigenvalue weighted by molar-refractivity contribution is 0.101. The molecule has 0 aliphatic carbocycles. The fourth-order valence-electron chi connectivity index (χ4n) is 1.36. The van der Waals surface area contributed by atoms with E-state index in [9.17, 15) is 4.79 Å². The molecule has 3 heteroatoms. The summed E-state index contributed by atoms with van der Waals surface area (Å²) >= 11 is 5.89. The summed E-state index contributed by atoms with van der Waals surface area (Å²) in [6, 6.07) is 7.25. The maximum Gasteiger partial charge on any atom is 0.159 e. The summed E-state index contributed by atoms with van der Waals surface area (Å²) in [6.45, 7) is 1.55. The van der Waals surface area contributed by atoms with E-state index in [1.54, 1.807) is 19.2 Å². The largest absolute Gasteiger partial charge is 0.295 e. The van der Waals surface area contributed by atoms with Gasteiger partial charge in [-0.1, -0.05) is 23.7 Å². The lowest BCUT2D eigenvalue weighted by atomic mass is 10.1. The maximum absolute atomic E-state index is 11.1. The van der Waals surface area contributed by atoms with Gasteiger partial charge in [0.2, 0.25) is 0 Å². The van der Waals surface area contributed by atoms with Crippen molar-refractivity contribution in [2.24, 2.45) is 0 Å². The van der Waals surface area contributed by atoms with Gasteiger partial charge < -0.3 is 0 Å². The van der Waals surface area contributed by atoms with Crippen LogP contribution in [0.3, 0.4) is 0 Å². The Morgan fingerprint density at radius 3 is 2.86 bits per heavy atom. The first kappa shape index (κ1) is 9.16. The summed E-state index contributed by atoms with van der Waals surface area (Å²) in [7, 11) is 0. The Balaban J connectivity index is 2.73. The number of Topliss-reactive ketones (excluding diaryl/α,β-unsaturated/α-hetero) is 1. The molecule has 0 atom stereocenters. The Morgan fingerprint density at radius 2 is 2.14 bits per heavy atom. The first-order valence-corrected chi connectivity index (χ1v) is 4.61. The van der Waals surface area contributed by atoms with Crippen molar-refractivity contribution in [2.45, 2.75) is 6.92 Å². The SMILES string of the molecule is CC(=O)c1ccc2c(Cl)nccc2c1. The van der Waals surface area contributed by atoms with Crippen LogP contribution >= 0.6 is 11.6 Å². The molecule has 0 aliphatic rings. The van der Waals surface area contributed by atoms with Crippen molar-refractivity contribution >= 4 is 28.2 Å². The zero-order chi connectivity index (χ0) is 10.1. The van der Waals surface area contributed by atoms with Gasteiger partial charge in [-0.05, 0) is 24.4 Å². The molecule has 0 unspecified atom stereocenters. The second-order valence-electron chi connectivity index (χ2n) is 3.09. The quantitative estimate of drug-likeness (QED) is 0.529. The van der Waals surface area contributed by atoms with Crippen LogP contribution in [-0.4, -0.2) is 10.8 Å². The standard InChI is InChI=1S/C11H8ClNO/c1-7(14)8-2-3-10-9(6-8)4-5-13-11(10)12/h2-6H,1H3. The van der Waals surface area contributed by atoms with E-state index in [1.165, 1.54) is 0 Å². The minimum Gasteiger partial charge on any atom is -0.295 e. The Kier molecular flexibility index (Phi) is 2.22. The average molecular weight is 206 g/mol. The highest BCUT2D eigenvalue weighted by molar-refractivity contribution is 6.34. The van der Waals surface area contributed by atoms with E-state index in [0.29, 0.717) is 10.7 Å². The van der Waals surface area contributed by atoms with Crippen molar-refractivity contribution in [2.75, 3.05) is 0 Å². The fraction of sp³-hybridized carbons (Fsp3) is 0.0909. The zero-order valence-corrected chi connectivity index (χ0v) is 8.38. The van der Waals surface area contributed by atoms with Crippen LogP contribution in [0.5, 0.6) is 0 Å². The molecule has 0 fully saturated rings. The molecule has 1 aromatic heterocycles. The molecule has 1 aromatic carbocycles. The third-order valence-electron chi connectivity index (χ3n) is 2.12. The number of hydrogen-bond donors (Lipinski definition) is 0. The summed E-state index contributed by atoms with van der Waals surface area (Å²) in [5, 5.41) is 2.29. The van der Waals surface area contributed by atoms with Crippen LogP contribution in [0.15, 0.2) is 30.5 Å². The van der Waals surface area contributed by atoms with Crippen molar-refractivity contribution in [3.8, 4) is 0 Å². The molecule has 0 radical (unpaired) electrons. The third-order valence-corrected chi connectivity index (χ3v) is 2.42. The first-order valence-electron chi connectivity index (χ1n) is 4.23. The number of hydrogen-bond acceptors (Lipinski definition) is 2. The average Bonchev–Trinajstić information content (AvgIpc) is 2.17. The zero-order valence-electron chi connectivity index (χ0n) is 7.62. The topological polar surface area (TPSA) is 30.0 Å². The van der Waals surface area contributed by atoms with E-state index in [-0.39, 0.29) is 5.78 Å². The number of aromatic nitrogens is 1. The summed E-state index contributed by atoms with van der Waals surface area (Å²) in [4.78, 5) is 15.1. The van der Waals surface area contributed by atoms with E-state index in [2.05, 4.69) is 4.98 Å². The fourth-order valence-corrected chi connectivity index (χ4v) is 1.59. The molecule has 2 rings (SSSR count). The van der Waals surface area contributed by atoms with Gasteiger partial charge in [0.1, 0.15) is 5.15 Å². The number of nitrogens with zero attached hydrogens (tertiary/aromatic N) is 1. The number of benzene rings is 1. The minimum atomic E-state index is 0.0554. The second-order valence-corrected chi connectivity index (χ2v) is 3.45. The Labute approximate surface area is 86.5 Å². The summed E-state index contributed by atoms with van der Waals surface area (Å²) in [5.74, 6) is 0.0554.